The van der Waals surface area contributed by atoms with E-state index in [0.29, 0.717) is 18.4 Å². The third-order valence-electron chi connectivity index (χ3n) is 2.82. The Balaban J connectivity index is 3.51. The van der Waals surface area contributed by atoms with Crippen LogP contribution in [-0.2, 0) is 9.84 Å². The zero-order valence-electron chi connectivity index (χ0n) is 11.1. The van der Waals surface area contributed by atoms with Crippen molar-refractivity contribution in [2.24, 2.45) is 0 Å². The summed E-state index contributed by atoms with van der Waals surface area (Å²) in [5.41, 5.74) is -0.380. The highest BCUT2D eigenvalue weighted by atomic mass is 35.5. The van der Waals surface area contributed by atoms with Crippen molar-refractivity contribution in [3.05, 3.63) is 33.4 Å². The van der Waals surface area contributed by atoms with Crippen molar-refractivity contribution in [3.8, 4) is 0 Å². The van der Waals surface area contributed by atoms with E-state index in [1.165, 1.54) is 6.92 Å². The second-order valence-corrected chi connectivity index (χ2v) is 6.76. The maximum absolute atomic E-state index is 12.1. The number of benzene rings is 1. The van der Waals surface area contributed by atoms with Gasteiger partial charge in [0.25, 0.3) is 10.9 Å². The van der Waals surface area contributed by atoms with E-state index in [1.807, 2.05) is 6.92 Å². The van der Waals surface area contributed by atoms with Crippen LogP contribution in [0, 0.1) is 17.0 Å². The zero-order valence-corrected chi connectivity index (χ0v) is 12.6. The molecule has 0 fully saturated rings. The molecule has 6 nitrogen and oxygen atoms in total. The van der Waals surface area contributed by atoms with Crippen LogP contribution in [0.4, 0.5) is 5.69 Å². The molecule has 0 unspecified atom stereocenters. The van der Waals surface area contributed by atoms with Crippen molar-refractivity contribution in [2.45, 2.75) is 31.6 Å². The normalized spacial score (nSPS) is 11.3. The number of nitro benzene ring substituents is 1. The fourth-order valence-corrected chi connectivity index (χ4v) is 3.62. The number of nitro groups is 1. The van der Waals surface area contributed by atoms with Crippen LogP contribution < -0.4 is 0 Å². The SMILES string of the molecule is CCCCS(=O)(=O)c1cc(C)c(C(=O)Cl)cc1[N+](=O)[O-]. The first-order valence-corrected chi connectivity index (χ1v) is 7.95. The second kappa shape index (κ2) is 6.32. The predicted octanol–water partition coefficient (Wildman–Crippen LogP) is 2.86. The summed E-state index contributed by atoms with van der Waals surface area (Å²) >= 11 is 5.32. The molecule has 110 valence electrons. The summed E-state index contributed by atoms with van der Waals surface area (Å²) in [5.74, 6) is -0.169. The molecule has 0 aliphatic heterocycles. The average Bonchev–Trinajstić information content (AvgIpc) is 2.35. The monoisotopic (exact) mass is 319 g/mol. The number of rotatable bonds is 6. The molecule has 0 radical (unpaired) electrons. The van der Waals surface area contributed by atoms with Gasteiger partial charge in [0.05, 0.1) is 10.7 Å². The zero-order chi connectivity index (χ0) is 15.5. The van der Waals surface area contributed by atoms with Crippen LogP contribution in [0.1, 0.15) is 35.7 Å². The third-order valence-corrected chi connectivity index (χ3v) is 4.84. The Kier molecular flexibility index (Phi) is 5.24. The molecular weight excluding hydrogens is 306 g/mol. The van der Waals surface area contributed by atoms with Crippen LogP contribution >= 0.6 is 11.6 Å². The number of carbonyl (C=O) groups is 1. The van der Waals surface area contributed by atoms with E-state index in [2.05, 4.69) is 0 Å². The lowest BCUT2D eigenvalue weighted by molar-refractivity contribution is -0.387. The van der Waals surface area contributed by atoms with E-state index in [-0.39, 0.29) is 16.2 Å². The van der Waals surface area contributed by atoms with Crippen LogP contribution in [0.2, 0.25) is 0 Å². The largest absolute Gasteiger partial charge is 0.288 e. The van der Waals surface area contributed by atoms with Gasteiger partial charge in [0, 0.05) is 11.6 Å². The Morgan fingerprint density at radius 3 is 2.45 bits per heavy atom. The minimum atomic E-state index is -3.76. The van der Waals surface area contributed by atoms with Crippen LogP contribution in [0.25, 0.3) is 0 Å². The number of halogens is 1. The lowest BCUT2D eigenvalue weighted by atomic mass is 10.1. The molecular formula is C12H14ClNO5S. The molecule has 0 saturated carbocycles. The van der Waals surface area contributed by atoms with E-state index in [1.54, 1.807) is 0 Å². The van der Waals surface area contributed by atoms with E-state index in [0.717, 1.165) is 12.1 Å². The molecule has 0 aliphatic rings. The molecule has 0 bridgehead atoms. The van der Waals surface area contributed by atoms with Gasteiger partial charge in [-0.15, -0.1) is 0 Å². The van der Waals surface area contributed by atoms with Crippen LogP contribution in [0.5, 0.6) is 0 Å². The fourth-order valence-electron chi connectivity index (χ4n) is 1.72. The minimum absolute atomic E-state index is 0.0622. The van der Waals surface area contributed by atoms with Gasteiger partial charge < -0.3 is 0 Å². The fraction of sp³-hybridized carbons (Fsp3) is 0.417. The summed E-state index contributed by atoms with van der Waals surface area (Å²) in [6, 6.07) is 2.06. The van der Waals surface area contributed by atoms with Crippen LogP contribution in [0.15, 0.2) is 17.0 Å². The van der Waals surface area contributed by atoms with Gasteiger partial charge in [-0.05, 0) is 36.6 Å². The summed E-state index contributed by atoms with van der Waals surface area (Å²) in [4.78, 5) is 21.0. The van der Waals surface area contributed by atoms with Crippen molar-refractivity contribution in [2.75, 3.05) is 5.75 Å². The first-order chi connectivity index (χ1) is 9.20. The van der Waals surface area contributed by atoms with E-state index in [9.17, 15) is 23.3 Å². The van der Waals surface area contributed by atoms with Crippen LogP contribution in [0.3, 0.4) is 0 Å². The Morgan fingerprint density at radius 2 is 2.00 bits per heavy atom. The summed E-state index contributed by atoms with van der Waals surface area (Å²) in [6.07, 6.45) is 1.07. The van der Waals surface area contributed by atoms with Crippen molar-refractivity contribution in [1.29, 1.82) is 0 Å². The van der Waals surface area contributed by atoms with E-state index >= 15 is 0 Å². The lowest BCUT2D eigenvalue weighted by Gasteiger charge is -2.08. The maximum Gasteiger partial charge on any atom is 0.288 e. The molecule has 0 heterocycles. The molecule has 0 aromatic heterocycles. The Labute approximate surface area is 121 Å². The first-order valence-electron chi connectivity index (χ1n) is 5.92. The number of hydrogen-bond acceptors (Lipinski definition) is 5. The lowest BCUT2D eigenvalue weighted by Crippen LogP contribution is -2.11. The summed E-state index contributed by atoms with van der Waals surface area (Å²) < 4.78 is 24.3. The van der Waals surface area contributed by atoms with Gasteiger partial charge >= 0.3 is 0 Å². The summed E-state index contributed by atoms with van der Waals surface area (Å²) in [5, 5.41) is 10.2. The minimum Gasteiger partial charge on any atom is -0.276 e. The summed E-state index contributed by atoms with van der Waals surface area (Å²) in [6.45, 7) is 3.31. The van der Waals surface area contributed by atoms with Crippen molar-refractivity contribution in [1.82, 2.24) is 0 Å². The molecule has 0 saturated heterocycles. The number of sulfone groups is 1. The Hall–Kier alpha value is -1.47. The van der Waals surface area contributed by atoms with E-state index < -0.39 is 25.7 Å². The number of unbranched alkanes of at least 4 members (excludes halogenated alkanes) is 1. The predicted molar refractivity (Wildman–Crippen MR) is 75.0 cm³/mol. The quantitative estimate of drug-likeness (QED) is 0.456. The summed E-state index contributed by atoms with van der Waals surface area (Å²) in [7, 11) is -3.76. The molecule has 0 spiro atoms. The van der Waals surface area contributed by atoms with Crippen LogP contribution in [-0.4, -0.2) is 24.3 Å². The molecule has 0 amide bonds. The molecule has 0 aliphatic carbocycles. The third kappa shape index (κ3) is 3.55. The maximum atomic E-state index is 12.1. The van der Waals surface area contributed by atoms with Gasteiger partial charge in [0.1, 0.15) is 4.90 Å². The number of carbonyl (C=O) groups excluding carboxylic acids is 1. The van der Waals surface area contributed by atoms with Gasteiger partial charge in [-0.3, -0.25) is 14.9 Å². The van der Waals surface area contributed by atoms with Crippen molar-refractivity contribution < 1.29 is 18.1 Å². The Morgan fingerprint density at radius 1 is 1.40 bits per heavy atom. The Bertz CT molecular complexity index is 654. The highest BCUT2D eigenvalue weighted by Gasteiger charge is 2.28. The molecule has 20 heavy (non-hydrogen) atoms. The standard InChI is InChI=1S/C12H14ClNO5S/c1-3-4-5-20(18,19)11-6-8(2)9(12(13)15)7-10(11)14(16)17/h6-7H,3-5H2,1-2H3. The smallest absolute Gasteiger partial charge is 0.276 e. The second-order valence-electron chi connectivity index (χ2n) is 4.34. The van der Waals surface area contributed by atoms with Gasteiger partial charge in [-0.2, -0.15) is 0 Å². The van der Waals surface area contributed by atoms with Crippen molar-refractivity contribution >= 4 is 32.4 Å². The molecule has 8 heteroatoms. The van der Waals surface area contributed by atoms with Gasteiger partial charge in [-0.25, -0.2) is 8.42 Å². The van der Waals surface area contributed by atoms with Gasteiger partial charge in [0.2, 0.25) is 0 Å². The van der Waals surface area contributed by atoms with Crippen molar-refractivity contribution in [3.63, 3.8) is 0 Å². The van der Waals surface area contributed by atoms with Gasteiger partial charge in [0.15, 0.2) is 9.84 Å². The topological polar surface area (TPSA) is 94.3 Å². The number of aryl methyl sites for hydroxylation is 1. The molecule has 1 aromatic rings. The van der Waals surface area contributed by atoms with Gasteiger partial charge in [-0.1, -0.05) is 13.3 Å². The highest BCUT2D eigenvalue weighted by Crippen LogP contribution is 2.29. The highest BCUT2D eigenvalue weighted by molar-refractivity contribution is 7.91. The average molecular weight is 320 g/mol. The number of nitrogens with zero attached hydrogens (tertiary/aromatic N) is 1. The number of hydrogen-bond donors (Lipinski definition) is 0. The molecule has 0 atom stereocenters. The van der Waals surface area contributed by atoms with E-state index in [4.69, 9.17) is 11.6 Å². The molecule has 1 aromatic carbocycles. The first kappa shape index (κ1) is 16.6. The molecule has 1 rings (SSSR count). The molecule has 0 N–H and O–H groups in total.